The zero-order valence-corrected chi connectivity index (χ0v) is 9.03. The molecule has 0 N–H and O–H groups in total. The van der Waals surface area contributed by atoms with Gasteiger partial charge in [-0.2, -0.15) is 26.3 Å². The first-order valence-electron chi connectivity index (χ1n) is 3.55. The third kappa shape index (κ3) is 1.04. The van der Waals surface area contributed by atoms with Crippen LogP contribution in [0.4, 0.5) is 26.3 Å². The van der Waals surface area contributed by atoms with E-state index >= 15 is 0 Å². The van der Waals surface area contributed by atoms with Crippen LogP contribution in [0.1, 0.15) is 11.1 Å². The van der Waals surface area contributed by atoms with Crippen LogP contribution in [-0.2, 0) is 11.8 Å². The maximum absolute atomic E-state index is 13.1. The van der Waals surface area contributed by atoms with Gasteiger partial charge in [0.05, 0.1) is 9.35 Å². The first kappa shape index (κ1) is 11.3. The van der Waals surface area contributed by atoms with Crippen molar-refractivity contribution in [1.29, 1.82) is 0 Å². The molecule has 2 rings (SSSR count). The molecule has 0 nitrogen and oxygen atoms in total. The second kappa shape index (κ2) is 2.71. The number of thiophene rings is 1. The third-order valence-corrected chi connectivity index (χ3v) is 3.91. The van der Waals surface area contributed by atoms with Gasteiger partial charge in [-0.25, -0.2) is 0 Å². The Hall–Kier alpha value is -0.240. The van der Waals surface area contributed by atoms with E-state index < -0.39 is 28.9 Å². The summed E-state index contributed by atoms with van der Waals surface area (Å²) in [6.45, 7) is 0. The highest BCUT2D eigenvalue weighted by atomic mass is 79.9. The first-order valence-corrected chi connectivity index (χ1v) is 5.22. The van der Waals surface area contributed by atoms with Crippen LogP contribution in [0.5, 0.6) is 0 Å². The van der Waals surface area contributed by atoms with Gasteiger partial charge in [-0.1, -0.05) is 0 Å². The van der Waals surface area contributed by atoms with Gasteiger partial charge in [0.2, 0.25) is 0 Å². The molecule has 1 aliphatic rings. The number of halogens is 7. The lowest BCUT2D eigenvalue weighted by Crippen LogP contribution is -2.43. The summed E-state index contributed by atoms with van der Waals surface area (Å²) in [6, 6.07) is 0. The molecule has 0 radical (unpaired) electrons. The molecule has 0 aromatic carbocycles. The summed E-state index contributed by atoms with van der Waals surface area (Å²) >= 11 is 3.10. The van der Waals surface area contributed by atoms with Crippen molar-refractivity contribution in [3.63, 3.8) is 0 Å². The Morgan fingerprint density at radius 2 is 1.53 bits per heavy atom. The molecule has 1 heterocycles. The van der Waals surface area contributed by atoms with E-state index in [1.54, 1.807) is 0 Å². The highest BCUT2D eigenvalue weighted by molar-refractivity contribution is 9.11. The highest BCUT2D eigenvalue weighted by Crippen LogP contribution is 2.65. The maximum Gasteiger partial charge on any atom is 0.380 e. The second-order valence-electron chi connectivity index (χ2n) is 3.02. The lowest BCUT2D eigenvalue weighted by atomic mass is 10.1. The molecular weight excluding hydrogens is 310 g/mol. The van der Waals surface area contributed by atoms with Crippen LogP contribution in [0.15, 0.2) is 9.17 Å². The molecule has 1 aliphatic carbocycles. The van der Waals surface area contributed by atoms with Gasteiger partial charge < -0.3 is 0 Å². The number of rotatable bonds is 0. The average molecular weight is 311 g/mol. The first-order chi connectivity index (χ1) is 6.64. The molecule has 0 unspecified atom stereocenters. The van der Waals surface area contributed by atoms with Crippen LogP contribution in [0.3, 0.4) is 0 Å². The molecule has 1 aromatic heterocycles. The fourth-order valence-electron chi connectivity index (χ4n) is 1.38. The Morgan fingerprint density at radius 3 is 2.00 bits per heavy atom. The monoisotopic (exact) mass is 310 g/mol. The average Bonchev–Trinajstić information content (AvgIpc) is 2.50. The molecule has 84 valence electrons. The smallest absolute Gasteiger partial charge is 0.194 e. The van der Waals surface area contributed by atoms with E-state index in [9.17, 15) is 26.3 Å². The quantitative estimate of drug-likeness (QED) is 0.625. The zero-order valence-electron chi connectivity index (χ0n) is 6.63. The minimum absolute atomic E-state index is 0.389. The van der Waals surface area contributed by atoms with Crippen LogP contribution < -0.4 is 0 Å². The summed E-state index contributed by atoms with van der Waals surface area (Å²) in [4.78, 5) is 0. The van der Waals surface area contributed by atoms with Gasteiger partial charge in [-0.3, -0.25) is 0 Å². The molecular formula is C7HBrF6S. The minimum atomic E-state index is -5.37. The molecule has 0 atom stereocenters. The largest absolute Gasteiger partial charge is 0.380 e. The third-order valence-electron chi connectivity index (χ3n) is 2.19. The standard InChI is InChI=1S/C7HBrF6S/c8-4-3-2(1-15-4)5(9,10)7(13,14)6(3,11)12/h1H. The van der Waals surface area contributed by atoms with Crippen molar-refractivity contribution in [3.8, 4) is 0 Å². The summed E-state index contributed by atoms with van der Waals surface area (Å²) in [5.74, 6) is -15.0. The maximum atomic E-state index is 13.1. The van der Waals surface area contributed by atoms with Crippen molar-refractivity contribution in [2.45, 2.75) is 17.8 Å². The van der Waals surface area contributed by atoms with E-state index in [2.05, 4.69) is 15.9 Å². The van der Waals surface area contributed by atoms with E-state index in [0.29, 0.717) is 16.7 Å². The van der Waals surface area contributed by atoms with Crippen molar-refractivity contribution in [2.24, 2.45) is 0 Å². The van der Waals surface area contributed by atoms with Gasteiger partial charge in [0.1, 0.15) is 0 Å². The zero-order chi connectivity index (χ0) is 11.6. The van der Waals surface area contributed by atoms with Crippen LogP contribution in [0, 0.1) is 0 Å². The Kier molecular flexibility index (Phi) is 2.03. The number of alkyl halides is 6. The van der Waals surface area contributed by atoms with Gasteiger partial charge in [0, 0.05) is 10.9 Å². The lowest BCUT2D eigenvalue weighted by molar-refractivity contribution is -0.302. The molecule has 0 bridgehead atoms. The van der Waals surface area contributed by atoms with E-state index in [-0.39, 0.29) is 3.79 Å². The summed E-state index contributed by atoms with van der Waals surface area (Å²) in [5.41, 5.74) is -2.60. The van der Waals surface area contributed by atoms with E-state index in [4.69, 9.17) is 0 Å². The van der Waals surface area contributed by atoms with Crippen LogP contribution in [0.2, 0.25) is 0 Å². The number of fused-ring (bicyclic) bond motifs is 1. The molecule has 1 aromatic rings. The Labute approximate surface area is 92.0 Å². The van der Waals surface area contributed by atoms with Gasteiger partial charge in [-0.05, 0) is 15.9 Å². The topological polar surface area (TPSA) is 0 Å². The predicted octanol–water partition coefficient (Wildman–Crippen LogP) is 4.34. The SMILES string of the molecule is FC1(F)c2csc(Br)c2C(F)(F)C1(F)F. The molecule has 0 spiro atoms. The fraction of sp³-hybridized carbons (Fsp3) is 0.429. The summed E-state index contributed by atoms with van der Waals surface area (Å²) in [6.07, 6.45) is 0. The van der Waals surface area contributed by atoms with Crippen molar-refractivity contribution in [2.75, 3.05) is 0 Å². The Morgan fingerprint density at radius 1 is 1.00 bits per heavy atom. The van der Waals surface area contributed by atoms with Crippen molar-refractivity contribution >= 4 is 27.3 Å². The fourth-order valence-corrected chi connectivity index (χ4v) is 2.97. The van der Waals surface area contributed by atoms with Gasteiger partial charge >= 0.3 is 17.8 Å². The molecule has 0 amide bonds. The van der Waals surface area contributed by atoms with Crippen molar-refractivity contribution < 1.29 is 26.3 Å². The van der Waals surface area contributed by atoms with E-state index in [1.165, 1.54) is 0 Å². The predicted molar refractivity (Wildman–Crippen MR) is 44.8 cm³/mol. The molecule has 0 aliphatic heterocycles. The molecule has 15 heavy (non-hydrogen) atoms. The van der Waals surface area contributed by atoms with Crippen LogP contribution in [0.25, 0.3) is 0 Å². The van der Waals surface area contributed by atoms with Gasteiger partial charge in [0.15, 0.2) is 0 Å². The number of hydrogen-bond donors (Lipinski definition) is 0. The molecule has 0 saturated heterocycles. The van der Waals surface area contributed by atoms with E-state index in [0.717, 1.165) is 0 Å². The van der Waals surface area contributed by atoms with Crippen LogP contribution in [-0.4, -0.2) is 5.92 Å². The van der Waals surface area contributed by atoms with E-state index in [1.807, 2.05) is 0 Å². The second-order valence-corrected chi connectivity index (χ2v) is 5.22. The molecule has 0 saturated carbocycles. The van der Waals surface area contributed by atoms with Gasteiger partial charge in [0.25, 0.3) is 0 Å². The molecule has 8 heteroatoms. The number of hydrogen-bond acceptors (Lipinski definition) is 1. The Bertz CT molecular complexity index is 423. The van der Waals surface area contributed by atoms with Crippen molar-refractivity contribution in [3.05, 3.63) is 20.3 Å². The highest BCUT2D eigenvalue weighted by Gasteiger charge is 2.80. The molecule has 0 fully saturated rings. The normalized spacial score (nSPS) is 25.3. The minimum Gasteiger partial charge on any atom is -0.194 e. The van der Waals surface area contributed by atoms with Gasteiger partial charge in [-0.15, -0.1) is 11.3 Å². The summed E-state index contributed by atoms with van der Waals surface area (Å²) in [5, 5.41) is 0.619. The lowest BCUT2D eigenvalue weighted by Gasteiger charge is -2.24. The summed E-state index contributed by atoms with van der Waals surface area (Å²) in [7, 11) is 0. The van der Waals surface area contributed by atoms with Crippen molar-refractivity contribution in [1.82, 2.24) is 0 Å². The Balaban J connectivity index is 2.79. The summed E-state index contributed by atoms with van der Waals surface area (Å²) < 4.78 is 77.3. The van der Waals surface area contributed by atoms with Crippen LogP contribution >= 0.6 is 27.3 Å².